The zero-order valence-electron chi connectivity index (χ0n) is 15.7. The average Bonchev–Trinajstić information content (AvgIpc) is 3.08. The molecule has 2 aliphatic rings. The standard InChI is InChI=1S/C20H23NO5/c1-11-13-7-15-16(26-10-25-15)8-14(13)18-12(9-21(11)2)6-17(22-3)19(23-4)20(18)24-5/h6-8,11H,9-10H2,1-5H3/t11-/m0/s1. The topological polar surface area (TPSA) is 49.4 Å². The number of nitrogens with zero attached hydrogens (tertiary/aromatic N) is 1. The highest BCUT2D eigenvalue weighted by molar-refractivity contribution is 5.84. The normalized spacial score (nSPS) is 18.0. The van der Waals surface area contributed by atoms with E-state index in [1.54, 1.807) is 21.3 Å². The maximum absolute atomic E-state index is 5.78. The first-order valence-corrected chi connectivity index (χ1v) is 8.55. The molecular weight excluding hydrogens is 334 g/mol. The molecule has 4 rings (SSSR count). The third-order valence-electron chi connectivity index (χ3n) is 5.26. The molecule has 2 heterocycles. The maximum atomic E-state index is 5.78. The average molecular weight is 357 g/mol. The van der Waals surface area contributed by atoms with E-state index >= 15 is 0 Å². The summed E-state index contributed by atoms with van der Waals surface area (Å²) in [5.41, 5.74) is 4.36. The van der Waals surface area contributed by atoms with Crippen molar-refractivity contribution in [2.45, 2.75) is 19.5 Å². The molecule has 2 aliphatic heterocycles. The first kappa shape index (κ1) is 16.8. The number of benzene rings is 2. The van der Waals surface area contributed by atoms with Crippen LogP contribution < -0.4 is 23.7 Å². The van der Waals surface area contributed by atoms with Crippen LogP contribution in [-0.2, 0) is 6.54 Å². The van der Waals surface area contributed by atoms with Crippen LogP contribution in [0, 0.1) is 0 Å². The van der Waals surface area contributed by atoms with E-state index in [0.717, 1.165) is 34.7 Å². The Morgan fingerprint density at radius 3 is 2.31 bits per heavy atom. The van der Waals surface area contributed by atoms with Crippen LogP contribution in [0.2, 0.25) is 0 Å². The third-order valence-corrected chi connectivity index (χ3v) is 5.26. The summed E-state index contributed by atoms with van der Waals surface area (Å²) in [7, 11) is 7.02. The van der Waals surface area contributed by atoms with Crippen LogP contribution in [0.3, 0.4) is 0 Å². The maximum Gasteiger partial charge on any atom is 0.231 e. The summed E-state index contributed by atoms with van der Waals surface area (Å²) in [5, 5.41) is 0. The summed E-state index contributed by atoms with van der Waals surface area (Å²) in [4.78, 5) is 2.29. The molecule has 6 heteroatoms. The molecule has 6 nitrogen and oxygen atoms in total. The molecule has 0 spiro atoms. The Morgan fingerprint density at radius 1 is 0.962 bits per heavy atom. The summed E-state index contributed by atoms with van der Waals surface area (Å²) in [6, 6.07) is 6.35. The summed E-state index contributed by atoms with van der Waals surface area (Å²) >= 11 is 0. The predicted octanol–water partition coefficient (Wildman–Crippen LogP) is 3.61. The van der Waals surface area contributed by atoms with E-state index in [-0.39, 0.29) is 12.8 Å². The summed E-state index contributed by atoms with van der Waals surface area (Å²) in [5.74, 6) is 3.46. The Bertz CT molecular complexity index is 864. The molecule has 0 aliphatic carbocycles. The lowest BCUT2D eigenvalue weighted by molar-refractivity contribution is 0.173. The molecule has 0 unspecified atom stereocenters. The van der Waals surface area contributed by atoms with Crippen LogP contribution >= 0.6 is 0 Å². The van der Waals surface area contributed by atoms with Gasteiger partial charge in [-0.25, -0.2) is 0 Å². The number of methoxy groups -OCH3 is 3. The van der Waals surface area contributed by atoms with Gasteiger partial charge in [0.05, 0.1) is 21.3 Å². The largest absolute Gasteiger partial charge is 0.493 e. The van der Waals surface area contributed by atoms with Crippen molar-refractivity contribution in [2.24, 2.45) is 0 Å². The molecule has 0 N–H and O–H groups in total. The molecule has 0 radical (unpaired) electrons. The highest BCUT2D eigenvalue weighted by Gasteiger charge is 2.31. The van der Waals surface area contributed by atoms with Gasteiger partial charge in [0.15, 0.2) is 23.0 Å². The van der Waals surface area contributed by atoms with Gasteiger partial charge in [-0.2, -0.15) is 0 Å². The van der Waals surface area contributed by atoms with Gasteiger partial charge >= 0.3 is 0 Å². The minimum absolute atomic E-state index is 0.202. The molecule has 26 heavy (non-hydrogen) atoms. The Kier molecular flexibility index (Phi) is 4.07. The molecule has 0 saturated heterocycles. The lowest BCUT2D eigenvalue weighted by atomic mass is 9.92. The number of hydrogen-bond donors (Lipinski definition) is 0. The SMILES string of the molecule is COc1cc2c(c(OC)c1OC)-c1cc3c(cc1[C@H](C)N(C)C2)OCO3. The van der Waals surface area contributed by atoms with E-state index in [0.29, 0.717) is 17.2 Å². The molecule has 2 aromatic carbocycles. The van der Waals surface area contributed by atoms with Gasteiger partial charge in [0.1, 0.15) is 0 Å². The fourth-order valence-electron chi connectivity index (χ4n) is 3.79. The van der Waals surface area contributed by atoms with Gasteiger partial charge in [-0.05, 0) is 48.9 Å². The highest BCUT2D eigenvalue weighted by Crippen LogP contribution is 2.52. The number of rotatable bonds is 3. The van der Waals surface area contributed by atoms with Crippen molar-refractivity contribution >= 4 is 0 Å². The Balaban J connectivity index is 2.07. The van der Waals surface area contributed by atoms with E-state index in [2.05, 4.69) is 24.9 Å². The molecule has 0 aromatic heterocycles. The van der Waals surface area contributed by atoms with Gasteiger partial charge in [-0.1, -0.05) is 0 Å². The van der Waals surface area contributed by atoms with Gasteiger partial charge in [-0.15, -0.1) is 0 Å². The van der Waals surface area contributed by atoms with Gasteiger partial charge in [0, 0.05) is 18.2 Å². The molecule has 0 bridgehead atoms. The molecule has 0 amide bonds. The summed E-state index contributed by atoms with van der Waals surface area (Å²) in [6.07, 6.45) is 0. The number of fused-ring (bicyclic) bond motifs is 4. The van der Waals surface area contributed by atoms with Crippen LogP contribution in [0.25, 0.3) is 11.1 Å². The minimum Gasteiger partial charge on any atom is -0.493 e. The van der Waals surface area contributed by atoms with Gasteiger partial charge < -0.3 is 23.7 Å². The van der Waals surface area contributed by atoms with Crippen molar-refractivity contribution in [3.05, 3.63) is 29.3 Å². The van der Waals surface area contributed by atoms with Crippen molar-refractivity contribution in [1.29, 1.82) is 0 Å². The second kappa shape index (κ2) is 6.29. The van der Waals surface area contributed by atoms with Crippen LogP contribution in [-0.4, -0.2) is 40.1 Å². The van der Waals surface area contributed by atoms with Gasteiger partial charge in [0.25, 0.3) is 0 Å². The number of ether oxygens (including phenoxy) is 5. The smallest absolute Gasteiger partial charge is 0.231 e. The molecule has 0 saturated carbocycles. The van der Waals surface area contributed by atoms with Crippen LogP contribution in [0.1, 0.15) is 24.1 Å². The van der Waals surface area contributed by atoms with Crippen LogP contribution in [0.15, 0.2) is 18.2 Å². The quantitative estimate of drug-likeness (QED) is 0.836. The minimum atomic E-state index is 0.202. The van der Waals surface area contributed by atoms with E-state index in [1.165, 1.54) is 5.56 Å². The highest BCUT2D eigenvalue weighted by atomic mass is 16.7. The van der Waals surface area contributed by atoms with E-state index in [4.69, 9.17) is 23.7 Å². The lowest BCUT2D eigenvalue weighted by Gasteiger charge is -2.23. The van der Waals surface area contributed by atoms with Crippen molar-refractivity contribution < 1.29 is 23.7 Å². The summed E-state index contributed by atoms with van der Waals surface area (Å²) < 4.78 is 28.2. The first-order valence-electron chi connectivity index (χ1n) is 8.55. The van der Waals surface area contributed by atoms with Gasteiger partial charge in [0.2, 0.25) is 12.5 Å². The summed E-state index contributed by atoms with van der Waals surface area (Å²) in [6.45, 7) is 3.19. The van der Waals surface area contributed by atoms with Crippen molar-refractivity contribution in [3.63, 3.8) is 0 Å². The Morgan fingerprint density at radius 2 is 1.65 bits per heavy atom. The second-order valence-electron chi connectivity index (χ2n) is 6.56. The molecule has 1 atom stereocenters. The first-order chi connectivity index (χ1) is 12.6. The zero-order valence-corrected chi connectivity index (χ0v) is 15.7. The van der Waals surface area contributed by atoms with E-state index in [1.807, 2.05) is 12.1 Å². The second-order valence-corrected chi connectivity index (χ2v) is 6.56. The third kappa shape index (κ3) is 2.36. The van der Waals surface area contributed by atoms with Gasteiger partial charge in [-0.3, -0.25) is 4.90 Å². The number of hydrogen-bond acceptors (Lipinski definition) is 6. The lowest BCUT2D eigenvalue weighted by Crippen LogP contribution is -2.20. The Hall–Kier alpha value is -2.60. The molecular formula is C20H23NO5. The van der Waals surface area contributed by atoms with Crippen LogP contribution in [0.5, 0.6) is 28.7 Å². The van der Waals surface area contributed by atoms with E-state index < -0.39 is 0 Å². The van der Waals surface area contributed by atoms with Crippen LogP contribution in [0.4, 0.5) is 0 Å². The zero-order chi connectivity index (χ0) is 18.4. The Labute approximate surface area is 153 Å². The van der Waals surface area contributed by atoms with Crippen molar-refractivity contribution in [2.75, 3.05) is 35.2 Å². The fraction of sp³-hybridized carbons (Fsp3) is 0.400. The van der Waals surface area contributed by atoms with Crippen molar-refractivity contribution in [3.8, 4) is 39.9 Å². The molecule has 138 valence electrons. The fourth-order valence-corrected chi connectivity index (χ4v) is 3.79. The van der Waals surface area contributed by atoms with E-state index in [9.17, 15) is 0 Å². The monoisotopic (exact) mass is 357 g/mol. The van der Waals surface area contributed by atoms with Crippen molar-refractivity contribution in [1.82, 2.24) is 4.90 Å². The predicted molar refractivity (Wildman–Crippen MR) is 97.5 cm³/mol. The molecule has 2 aromatic rings. The molecule has 0 fully saturated rings.